The maximum absolute atomic E-state index is 12.5. The molecule has 26 heavy (non-hydrogen) atoms. The molecule has 0 amide bonds. The average Bonchev–Trinajstić information content (AvgIpc) is 3.09. The molecule has 2 N–H and O–H groups in total. The fraction of sp³-hybridized carbons (Fsp3) is 0.375. The molecule has 2 aromatic rings. The molecular formula is C16H20F3IN4OS. The van der Waals surface area contributed by atoms with Crippen LogP contribution in [0.3, 0.4) is 0 Å². The van der Waals surface area contributed by atoms with Crippen molar-refractivity contribution in [2.45, 2.75) is 19.6 Å². The SMILES string of the molecule is CCNC(=NCc1cccs1)NCCOc1ccc(C(F)(F)F)cn1.I. The van der Waals surface area contributed by atoms with Gasteiger partial charge in [0.15, 0.2) is 5.96 Å². The Labute approximate surface area is 171 Å². The zero-order valence-corrected chi connectivity index (χ0v) is 17.2. The highest BCUT2D eigenvalue weighted by atomic mass is 127. The molecule has 2 aromatic heterocycles. The first-order chi connectivity index (χ1) is 12.0. The molecule has 0 aliphatic heterocycles. The minimum absolute atomic E-state index is 0. The normalized spacial score (nSPS) is 11.6. The number of guanidine groups is 1. The summed E-state index contributed by atoms with van der Waals surface area (Å²) in [7, 11) is 0. The van der Waals surface area contributed by atoms with Crippen LogP contribution in [0.2, 0.25) is 0 Å². The largest absolute Gasteiger partial charge is 0.476 e. The number of pyridine rings is 1. The van der Waals surface area contributed by atoms with Crippen LogP contribution in [-0.4, -0.2) is 30.6 Å². The highest BCUT2D eigenvalue weighted by molar-refractivity contribution is 14.0. The number of ether oxygens (including phenoxy) is 1. The predicted molar refractivity (Wildman–Crippen MR) is 107 cm³/mol. The molecule has 0 saturated carbocycles. The first-order valence-corrected chi connectivity index (χ1v) is 8.57. The fourth-order valence-electron chi connectivity index (χ4n) is 1.86. The summed E-state index contributed by atoms with van der Waals surface area (Å²) in [4.78, 5) is 9.26. The Morgan fingerprint density at radius 3 is 2.65 bits per heavy atom. The molecule has 0 atom stereocenters. The van der Waals surface area contributed by atoms with Crippen molar-refractivity contribution in [1.29, 1.82) is 0 Å². The maximum atomic E-state index is 12.5. The Hall–Kier alpha value is -1.56. The smallest absolute Gasteiger partial charge is 0.417 e. The number of nitrogens with zero attached hydrogens (tertiary/aromatic N) is 2. The first-order valence-electron chi connectivity index (χ1n) is 7.69. The van der Waals surface area contributed by atoms with Crippen LogP contribution in [0.5, 0.6) is 5.88 Å². The van der Waals surface area contributed by atoms with E-state index >= 15 is 0 Å². The molecule has 0 aliphatic rings. The second-order valence-corrected chi connectivity index (χ2v) is 5.96. The van der Waals surface area contributed by atoms with Crippen LogP contribution in [0.15, 0.2) is 40.8 Å². The number of thiophene rings is 1. The van der Waals surface area contributed by atoms with Gasteiger partial charge in [0.05, 0.1) is 18.7 Å². The van der Waals surface area contributed by atoms with Gasteiger partial charge in [-0.15, -0.1) is 35.3 Å². The van der Waals surface area contributed by atoms with Crippen LogP contribution in [-0.2, 0) is 12.7 Å². The lowest BCUT2D eigenvalue weighted by Gasteiger charge is -2.12. The Bertz CT molecular complexity index is 663. The summed E-state index contributed by atoms with van der Waals surface area (Å²) in [6.07, 6.45) is -3.64. The lowest BCUT2D eigenvalue weighted by Crippen LogP contribution is -2.39. The topological polar surface area (TPSA) is 58.5 Å². The van der Waals surface area contributed by atoms with Gasteiger partial charge in [-0.25, -0.2) is 9.98 Å². The highest BCUT2D eigenvalue weighted by Crippen LogP contribution is 2.29. The Kier molecular flexibility index (Phi) is 9.70. The van der Waals surface area contributed by atoms with Gasteiger partial charge in [-0.05, 0) is 24.4 Å². The van der Waals surface area contributed by atoms with Crippen LogP contribution in [0.1, 0.15) is 17.4 Å². The lowest BCUT2D eigenvalue weighted by atomic mass is 10.3. The van der Waals surface area contributed by atoms with E-state index in [0.717, 1.165) is 23.7 Å². The first kappa shape index (κ1) is 22.5. The minimum Gasteiger partial charge on any atom is -0.476 e. The van der Waals surface area contributed by atoms with Crippen molar-refractivity contribution in [2.24, 2.45) is 4.99 Å². The fourth-order valence-corrected chi connectivity index (χ4v) is 2.49. The predicted octanol–water partition coefficient (Wildman–Crippen LogP) is 3.91. The van der Waals surface area contributed by atoms with Gasteiger partial charge < -0.3 is 15.4 Å². The lowest BCUT2D eigenvalue weighted by molar-refractivity contribution is -0.137. The maximum Gasteiger partial charge on any atom is 0.417 e. The molecular weight excluding hydrogens is 480 g/mol. The van der Waals surface area contributed by atoms with Gasteiger partial charge in [0.1, 0.15) is 6.61 Å². The van der Waals surface area contributed by atoms with Gasteiger partial charge in [0.25, 0.3) is 0 Å². The zero-order valence-electron chi connectivity index (χ0n) is 14.0. The van der Waals surface area contributed by atoms with E-state index in [4.69, 9.17) is 4.74 Å². The monoisotopic (exact) mass is 500 g/mol. The van der Waals surface area contributed by atoms with E-state index in [0.29, 0.717) is 19.0 Å². The number of aliphatic imine (C=N–C) groups is 1. The molecule has 144 valence electrons. The van der Waals surface area contributed by atoms with E-state index in [1.54, 1.807) is 11.3 Å². The van der Waals surface area contributed by atoms with Crippen LogP contribution in [0, 0.1) is 0 Å². The van der Waals surface area contributed by atoms with E-state index in [1.807, 2.05) is 24.4 Å². The van der Waals surface area contributed by atoms with Gasteiger partial charge in [0, 0.05) is 23.7 Å². The van der Waals surface area contributed by atoms with Gasteiger partial charge in [-0.3, -0.25) is 0 Å². The summed E-state index contributed by atoms with van der Waals surface area (Å²) < 4.78 is 42.7. The summed E-state index contributed by atoms with van der Waals surface area (Å²) in [6.45, 7) is 3.96. The molecule has 0 aliphatic carbocycles. The summed E-state index contributed by atoms with van der Waals surface area (Å²) in [5.41, 5.74) is -0.798. The number of alkyl halides is 3. The van der Waals surface area contributed by atoms with Crippen LogP contribution in [0.25, 0.3) is 0 Å². The third kappa shape index (κ3) is 7.77. The van der Waals surface area contributed by atoms with Crippen LogP contribution < -0.4 is 15.4 Å². The van der Waals surface area contributed by atoms with Crippen LogP contribution >= 0.6 is 35.3 Å². The van der Waals surface area contributed by atoms with Crippen molar-refractivity contribution in [3.63, 3.8) is 0 Å². The molecule has 0 radical (unpaired) electrons. The summed E-state index contributed by atoms with van der Waals surface area (Å²) in [6, 6.07) is 6.14. The van der Waals surface area contributed by atoms with Crippen molar-refractivity contribution in [3.05, 3.63) is 46.3 Å². The third-order valence-corrected chi connectivity index (χ3v) is 3.89. The second-order valence-electron chi connectivity index (χ2n) is 4.93. The van der Waals surface area contributed by atoms with E-state index in [9.17, 15) is 13.2 Å². The molecule has 0 bridgehead atoms. The molecule has 2 rings (SSSR count). The molecule has 0 aromatic carbocycles. The van der Waals surface area contributed by atoms with Crippen molar-refractivity contribution in [3.8, 4) is 5.88 Å². The molecule has 0 fully saturated rings. The average molecular weight is 500 g/mol. The molecule has 0 unspecified atom stereocenters. The van der Waals surface area contributed by atoms with Gasteiger partial charge in [-0.1, -0.05) is 6.07 Å². The van der Waals surface area contributed by atoms with Crippen molar-refractivity contribution in [2.75, 3.05) is 19.7 Å². The Morgan fingerprint density at radius 1 is 1.27 bits per heavy atom. The number of aromatic nitrogens is 1. The van der Waals surface area contributed by atoms with E-state index < -0.39 is 11.7 Å². The Balaban J connectivity index is 0.00000338. The number of rotatable bonds is 7. The number of nitrogens with one attached hydrogen (secondary N) is 2. The summed E-state index contributed by atoms with van der Waals surface area (Å²) in [5, 5.41) is 8.21. The summed E-state index contributed by atoms with van der Waals surface area (Å²) in [5.74, 6) is 0.801. The zero-order chi connectivity index (χ0) is 18.1. The van der Waals surface area contributed by atoms with Gasteiger partial charge >= 0.3 is 6.18 Å². The van der Waals surface area contributed by atoms with E-state index in [2.05, 4.69) is 20.6 Å². The molecule has 0 saturated heterocycles. The van der Waals surface area contributed by atoms with Gasteiger partial charge in [-0.2, -0.15) is 13.2 Å². The number of halogens is 4. The highest BCUT2D eigenvalue weighted by Gasteiger charge is 2.30. The van der Waals surface area contributed by atoms with Crippen molar-refractivity contribution in [1.82, 2.24) is 15.6 Å². The van der Waals surface area contributed by atoms with E-state index in [1.165, 1.54) is 6.07 Å². The number of hydrogen-bond acceptors (Lipinski definition) is 4. The Morgan fingerprint density at radius 2 is 2.08 bits per heavy atom. The summed E-state index contributed by atoms with van der Waals surface area (Å²) >= 11 is 1.64. The van der Waals surface area contributed by atoms with Crippen LogP contribution in [0.4, 0.5) is 13.2 Å². The molecule has 10 heteroatoms. The molecule has 5 nitrogen and oxygen atoms in total. The minimum atomic E-state index is -4.40. The van der Waals surface area contributed by atoms with E-state index in [-0.39, 0.29) is 36.5 Å². The second kappa shape index (κ2) is 11.2. The molecule has 0 spiro atoms. The molecule has 2 heterocycles. The van der Waals surface area contributed by atoms with Gasteiger partial charge in [0.2, 0.25) is 5.88 Å². The quantitative estimate of drug-likeness (QED) is 0.262. The number of hydrogen-bond donors (Lipinski definition) is 2. The van der Waals surface area contributed by atoms with Crippen molar-refractivity contribution >= 4 is 41.3 Å². The standard InChI is InChI=1S/C16H19F3N4OS.HI/c1-2-20-15(23-11-13-4-3-9-25-13)21-7-8-24-14-6-5-12(10-22-14)16(17,18)19;/h3-6,9-10H,2,7-8,11H2,1H3,(H2,20,21,23);1H. The van der Waals surface area contributed by atoms with Crippen molar-refractivity contribution < 1.29 is 17.9 Å². The third-order valence-electron chi connectivity index (χ3n) is 3.03.